The molecule has 0 fully saturated rings. The van der Waals surface area contributed by atoms with Gasteiger partial charge in [-0.15, -0.1) is 0 Å². The van der Waals surface area contributed by atoms with Crippen molar-refractivity contribution < 1.29 is 18.9 Å². The van der Waals surface area contributed by atoms with Crippen molar-refractivity contribution in [2.45, 2.75) is 25.2 Å². The van der Waals surface area contributed by atoms with Crippen molar-refractivity contribution in [2.75, 3.05) is 0 Å². The van der Waals surface area contributed by atoms with Crippen LogP contribution < -0.4 is 5.73 Å². The summed E-state index contributed by atoms with van der Waals surface area (Å²) in [6, 6.07) is 11.4. The molecule has 1 aliphatic carbocycles. The number of ketones is 1. The highest BCUT2D eigenvalue weighted by Crippen LogP contribution is 2.44. The van der Waals surface area contributed by atoms with Gasteiger partial charge in [0.1, 0.15) is 28.9 Å². The summed E-state index contributed by atoms with van der Waals surface area (Å²) in [5.74, 6) is 0.368. The maximum atomic E-state index is 12.5. The SMILES string of the molecule is N#CC1=C(N)OC2=C(C(=O)CCC2)C1c1ccc(-c2cccc([N+](=O)[O-])c2)o1. The van der Waals surface area contributed by atoms with Gasteiger partial charge in [-0.05, 0) is 18.6 Å². The van der Waals surface area contributed by atoms with Gasteiger partial charge < -0.3 is 14.9 Å². The van der Waals surface area contributed by atoms with Crippen LogP contribution in [-0.2, 0) is 9.53 Å². The van der Waals surface area contributed by atoms with Crippen LogP contribution in [0.5, 0.6) is 0 Å². The third kappa shape index (κ3) is 2.83. The zero-order valence-electron chi connectivity index (χ0n) is 14.7. The second kappa shape index (κ2) is 6.70. The Balaban J connectivity index is 1.80. The summed E-state index contributed by atoms with van der Waals surface area (Å²) in [5, 5.41) is 20.6. The zero-order chi connectivity index (χ0) is 19.8. The number of nitrogens with two attached hydrogens (primary N) is 1. The van der Waals surface area contributed by atoms with E-state index in [1.54, 1.807) is 24.3 Å². The number of rotatable bonds is 3. The number of hydrogen-bond donors (Lipinski definition) is 1. The van der Waals surface area contributed by atoms with Crippen LogP contribution in [0.4, 0.5) is 5.69 Å². The van der Waals surface area contributed by atoms with Crippen molar-refractivity contribution >= 4 is 11.5 Å². The molecule has 0 amide bonds. The standard InChI is InChI=1S/C20H15N3O5/c21-10-13-18(19-14(24)5-2-6-16(19)28-20(13)22)17-8-7-15(27-17)11-3-1-4-12(9-11)23(25)26/h1,3-4,7-9,18H,2,5-6,22H2. The van der Waals surface area contributed by atoms with E-state index in [9.17, 15) is 20.2 Å². The van der Waals surface area contributed by atoms with Crippen molar-refractivity contribution in [3.63, 3.8) is 0 Å². The molecule has 2 heterocycles. The Morgan fingerprint density at radius 1 is 1.25 bits per heavy atom. The maximum Gasteiger partial charge on any atom is 0.270 e. The average Bonchev–Trinajstić information content (AvgIpc) is 3.17. The van der Waals surface area contributed by atoms with E-state index in [1.807, 2.05) is 6.07 Å². The Morgan fingerprint density at radius 2 is 2.07 bits per heavy atom. The second-order valence-corrected chi connectivity index (χ2v) is 6.55. The Bertz CT molecular complexity index is 1100. The lowest BCUT2D eigenvalue weighted by Gasteiger charge is -2.29. The quantitative estimate of drug-likeness (QED) is 0.637. The van der Waals surface area contributed by atoms with E-state index in [0.717, 1.165) is 0 Å². The number of furan rings is 1. The summed E-state index contributed by atoms with van der Waals surface area (Å²) in [5.41, 5.74) is 6.89. The number of allylic oxidation sites excluding steroid dienone is 3. The Hall–Kier alpha value is -3.86. The molecule has 0 spiro atoms. The first-order valence-electron chi connectivity index (χ1n) is 8.68. The number of nitro groups is 1. The smallest absolute Gasteiger partial charge is 0.270 e. The molecular weight excluding hydrogens is 362 g/mol. The monoisotopic (exact) mass is 377 g/mol. The van der Waals surface area contributed by atoms with Gasteiger partial charge in [-0.25, -0.2) is 0 Å². The largest absolute Gasteiger partial charge is 0.460 e. The third-order valence-corrected chi connectivity index (χ3v) is 4.86. The van der Waals surface area contributed by atoms with Crippen molar-refractivity contribution in [1.82, 2.24) is 0 Å². The minimum absolute atomic E-state index is 0.0331. The third-order valence-electron chi connectivity index (χ3n) is 4.86. The predicted molar refractivity (Wildman–Crippen MR) is 97.3 cm³/mol. The molecule has 4 rings (SSSR count). The molecule has 2 aromatic rings. The van der Waals surface area contributed by atoms with Gasteiger partial charge in [0.2, 0.25) is 5.88 Å². The van der Waals surface area contributed by atoms with Crippen molar-refractivity contribution in [2.24, 2.45) is 5.73 Å². The molecule has 2 N–H and O–H groups in total. The molecule has 1 aromatic heterocycles. The van der Waals surface area contributed by atoms with E-state index in [-0.39, 0.29) is 22.9 Å². The molecule has 28 heavy (non-hydrogen) atoms. The van der Waals surface area contributed by atoms with Crippen LogP contribution in [0.3, 0.4) is 0 Å². The van der Waals surface area contributed by atoms with Crippen molar-refractivity contribution in [3.05, 3.63) is 75.1 Å². The summed E-state index contributed by atoms with van der Waals surface area (Å²) in [7, 11) is 0. The number of non-ortho nitro benzene ring substituents is 1. The summed E-state index contributed by atoms with van der Waals surface area (Å²) in [6.45, 7) is 0. The zero-order valence-corrected chi connectivity index (χ0v) is 14.7. The topological polar surface area (TPSA) is 132 Å². The van der Waals surface area contributed by atoms with Crippen molar-refractivity contribution in [3.8, 4) is 17.4 Å². The van der Waals surface area contributed by atoms with Gasteiger partial charge in [0.05, 0.1) is 10.8 Å². The van der Waals surface area contributed by atoms with E-state index in [1.165, 1.54) is 12.1 Å². The number of benzene rings is 1. The minimum atomic E-state index is -0.742. The fourth-order valence-corrected chi connectivity index (χ4v) is 3.58. The van der Waals surface area contributed by atoms with Gasteiger partial charge in [-0.2, -0.15) is 5.26 Å². The van der Waals surface area contributed by atoms with Crippen LogP contribution >= 0.6 is 0 Å². The van der Waals surface area contributed by atoms with E-state index < -0.39 is 10.8 Å². The molecule has 1 atom stereocenters. The first kappa shape index (κ1) is 17.5. The lowest BCUT2D eigenvalue weighted by molar-refractivity contribution is -0.384. The number of Topliss-reactive ketones (excluding diaryl/α,β-unsaturated/α-hetero) is 1. The molecule has 1 aromatic carbocycles. The summed E-state index contributed by atoms with van der Waals surface area (Å²) >= 11 is 0. The predicted octanol–water partition coefficient (Wildman–Crippen LogP) is 3.67. The molecule has 0 saturated carbocycles. The molecule has 140 valence electrons. The van der Waals surface area contributed by atoms with Gasteiger partial charge in [-0.3, -0.25) is 14.9 Å². The molecule has 0 radical (unpaired) electrons. The first-order valence-corrected chi connectivity index (χ1v) is 8.68. The second-order valence-electron chi connectivity index (χ2n) is 6.55. The number of nitrogens with zero attached hydrogens (tertiary/aromatic N) is 2. The number of carbonyl (C=O) groups is 1. The summed E-state index contributed by atoms with van der Waals surface area (Å²) in [6.07, 6.45) is 1.60. The number of nitro benzene ring substituents is 1. The van der Waals surface area contributed by atoms with Crippen LogP contribution in [0.15, 0.2) is 63.6 Å². The fourth-order valence-electron chi connectivity index (χ4n) is 3.58. The van der Waals surface area contributed by atoms with Crippen LogP contribution in [0.2, 0.25) is 0 Å². The Labute approximate surface area is 159 Å². The molecule has 8 nitrogen and oxygen atoms in total. The molecular formula is C20H15N3O5. The summed E-state index contributed by atoms with van der Waals surface area (Å²) < 4.78 is 11.4. The minimum Gasteiger partial charge on any atom is -0.460 e. The van der Waals surface area contributed by atoms with E-state index in [4.69, 9.17) is 14.9 Å². The number of hydrogen-bond acceptors (Lipinski definition) is 7. The summed E-state index contributed by atoms with van der Waals surface area (Å²) in [4.78, 5) is 23.1. The average molecular weight is 377 g/mol. The lowest BCUT2D eigenvalue weighted by atomic mass is 9.80. The Morgan fingerprint density at radius 3 is 2.82 bits per heavy atom. The van der Waals surface area contributed by atoms with Crippen LogP contribution in [0.1, 0.15) is 30.9 Å². The fraction of sp³-hybridized carbons (Fsp3) is 0.200. The lowest BCUT2D eigenvalue weighted by Crippen LogP contribution is -2.27. The first-order chi connectivity index (χ1) is 13.5. The van der Waals surface area contributed by atoms with Crippen LogP contribution in [0.25, 0.3) is 11.3 Å². The number of carbonyl (C=O) groups excluding carboxylic acids is 1. The molecule has 1 unspecified atom stereocenters. The Kier molecular flexibility index (Phi) is 4.20. The molecule has 0 bridgehead atoms. The highest BCUT2D eigenvalue weighted by atomic mass is 16.6. The van der Waals surface area contributed by atoms with Gasteiger partial charge in [0.25, 0.3) is 5.69 Å². The maximum absolute atomic E-state index is 12.5. The molecule has 2 aliphatic rings. The van der Waals surface area contributed by atoms with Crippen LogP contribution in [0, 0.1) is 21.4 Å². The molecule has 8 heteroatoms. The highest BCUT2D eigenvalue weighted by Gasteiger charge is 2.39. The molecule has 1 aliphatic heterocycles. The van der Waals surface area contributed by atoms with E-state index in [0.29, 0.717) is 47.7 Å². The van der Waals surface area contributed by atoms with Gasteiger partial charge >= 0.3 is 0 Å². The van der Waals surface area contributed by atoms with Gasteiger partial charge in [0.15, 0.2) is 5.78 Å². The van der Waals surface area contributed by atoms with Crippen LogP contribution in [-0.4, -0.2) is 10.7 Å². The highest BCUT2D eigenvalue weighted by molar-refractivity contribution is 5.99. The van der Waals surface area contributed by atoms with Crippen molar-refractivity contribution in [1.29, 1.82) is 5.26 Å². The molecule has 0 saturated heterocycles. The van der Waals surface area contributed by atoms with Gasteiger partial charge in [-0.1, -0.05) is 12.1 Å². The van der Waals surface area contributed by atoms with Gasteiger partial charge in [0, 0.05) is 36.1 Å². The normalized spacial score (nSPS) is 19.1. The van der Waals surface area contributed by atoms with E-state index >= 15 is 0 Å². The number of ether oxygens (including phenoxy) is 1. The van der Waals surface area contributed by atoms with E-state index in [2.05, 4.69) is 0 Å². The number of nitriles is 1.